The van der Waals surface area contributed by atoms with Gasteiger partial charge in [-0.1, -0.05) is 26.7 Å². The number of rotatable bonds is 19. The number of esters is 2. The van der Waals surface area contributed by atoms with Gasteiger partial charge in [0.25, 0.3) is 0 Å². The van der Waals surface area contributed by atoms with Crippen LogP contribution in [-0.4, -0.2) is 118 Å². The van der Waals surface area contributed by atoms with E-state index in [9.17, 15) is 24.0 Å². The van der Waals surface area contributed by atoms with Crippen molar-refractivity contribution in [1.82, 2.24) is 10.6 Å². The number of aliphatic hydroxyl groups excluding tert-OH is 1. The minimum Gasteiger partial charge on any atom is -0.460 e. The molecule has 0 unspecified atom stereocenters. The van der Waals surface area contributed by atoms with E-state index < -0.39 is 40.6 Å². The molecule has 0 fully saturated rings. The summed E-state index contributed by atoms with van der Waals surface area (Å²) in [5, 5.41) is 13.0. The Balaban J connectivity index is -0.000000289. The van der Waals surface area contributed by atoms with E-state index in [1.165, 1.54) is 0 Å². The lowest BCUT2D eigenvalue weighted by Gasteiger charge is -2.19. The van der Waals surface area contributed by atoms with Crippen LogP contribution in [0.1, 0.15) is 54.9 Å². The second-order valence-corrected chi connectivity index (χ2v) is 11.0. The van der Waals surface area contributed by atoms with Gasteiger partial charge in [0, 0.05) is 31.8 Å². The molecule has 0 saturated heterocycles. The molecule has 0 aliphatic heterocycles. The molecule has 16 heteroatoms. The van der Waals surface area contributed by atoms with Crippen molar-refractivity contribution in [2.75, 3.05) is 72.6 Å². The van der Waals surface area contributed by atoms with Crippen molar-refractivity contribution in [2.24, 2.45) is 0 Å². The fourth-order valence-electron chi connectivity index (χ4n) is 2.11. The Hall–Kier alpha value is -3.50. The summed E-state index contributed by atoms with van der Waals surface area (Å²) in [5.74, 6) is -0.879. The van der Waals surface area contributed by atoms with Crippen molar-refractivity contribution in [3.8, 4) is 0 Å². The summed E-state index contributed by atoms with van der Waals surface area (Å²) in [6, 6.07) is 0. The number of amides is 2. The van der Waals surface area contributed by atoms with Gasteiger partial charge in [-0.25, -0.2) is 19.2 Å². The lowest BCUT2D eigenvalue weighted by atomic mass is 10.2. The van der Waals surface area contributed by atoms with Crippen LogP contribution in [0.2, 0.25) is 0 Å². The molecule has 48 heavy (non-hydrogen) atoms. The van der Waals surface area contributed by atoms with Gasteiger partial charge in [0.2, 0.25) is 5.24 Å². The zero-order valence-corrected chi connectivity index (χ0v) is 30.3. The van der Waals surface area contributed by atoms with Crippen LogP contribution in [0.5, 0.6) is 0 Å². The highest BCUT2D eigenvalue weighted by Crippen LogP contribution is 2.06. The van der Waals surface area contributed by atoms with Gasteiger partial charge >= 0.3 is 24.1 Å². The molecule has 0 spiro atoms. The third kappa shape index (κ3) is 54.9. The number of carbonyl (C=O) groups is 5. The zero-order chi connectivity index (χ0) is 37.9. The average Bonchev–Trinajstić information content (AvgIpc) is 2.99. The number of alkyl carbamates (subject to hydrolysis) is 2. The normalized spacial score (nSPS) is 10.0. The van der Waals surface area contributed by atoms with E-state index in [4.69, 9.17) is 45.1 Å². The molecule has 15 nitrogen and oxygen atoms in total. The Kier molecular flexibility index (Phi) is 37.2. The fourth-order valence-corrected chi connectivity index (χ4v) is 2.11. The number of ether oxygens (including phenoxy) is 7. The van der Waals surface area contributed by atoms with Crippen molar-refractivity contribution in [2.45, 2.75) is 66.1 Å². The molecule has 0 saturated carbocycles. The number of carbonyl (C=O) groups excluding carboxylic acids is 5. The monoisotopic (exact) mass is 712 g/mol. The third-order valence-corrected chi connectivity index (χ3v) is 4.01. The largest absolute Gasteiger partial charge is 0.460 e. The molecule has 0 heterocycles. The smallest absolute Gasteiger partial charge is 0.407 e. The highest BCUT2D eigenvalue weighted by Gasteiger charge is 2.16. The van der Waals surface area contributed by atoms with Crippen LogP contribution in [0, 0.1) is 0 Å². The molecule has 0 bridgehead atoms. The second kappa shape index (κ2) is 34.8. The van der Waals surface area contributed by atoms with E-state index in [0.29, 0.717) is 46.1 Å². The molecule has 280 valence electrons. The van der Waals surface area contributed by atoms with E-state index in [1.807, 2.05) is 6.92 Å². The van der Waals surface area contributed by atoms with E-state index >= 15 is 0 Å². The number of hydrogen-bond donors (Lipinski definition) is 3. The Morgan fingerprint density at radius 2 is 0.979 bits per heavy atom. The highest BCUT2D eigenvalue weighted by molar-refractivity contribution is 6.66. The molecule has 2 amide bonds. The Morgan fingerprint density at radius 1 is 0.625 bits per heavy atom. The summed E-state index contributed by atoms with van der Waals surface area (Å²) in [6.45, 7) is 26.0. The number of nitrogens with one attached hydrogen (secondary N) is 2. The summed E-state index contributed by atoms with van der Waals surface area (Å²) in [7, 11) is 0. The maximum absolute atomic E-state index is 11.2. The van der Waals surface area contributed by atoms with E-state index in [1.54, 1.807) is 41.5 Å². The molecular weight excluding hydrogens is 656 g/mol. The first kappa shape index (κ1) is 51.3. The topological polar surface area (TPSA) is 194 Å². The lowest BCUT2D eigenvalue weighted by molar-refractivity contribution is -0.140. The van der Waals surface area contributed by atoms with Crippen LogP contribution in [0.4, 0.5) is 9.59 Å². The molecule has 0 aromatic heterocycles. The molecular formula is C32H57ClN2O13. The minimum atomic E-state index is -0.510. The van der Waals surface area contributed by atoms with Crippen molar-refractivity contribution in [3.05, 3.63) is 38.0 Å². The van der Waals surface area contributed by atoms with Gasteiger partial charge in [-0.2, -0.15) is 0 Å². The summed E-state index contributed by atoms with van der Waals surface area (Å²) in [5.41, 5.74) is -0.986. The first-order valence-corrected chi connectivity index (χ1v) is 15.4. The summed E-state index contributed by atoms with van der Waals surface area (Å²) < 4.78 is 34.5. The van der Waals surface area contributed by atoms with Crippen LogP contribution >= 0.6 is 11.6 Å². The second-order valence-electron chi connectivity index (χ2n) is 10.7. The minimum absolute atomic E-state index is 0.00750. The molecule has 0 rings (SSSR count). The zero-order valence-electron chi connectivity index (χ0n) is 29.6. The standard InChI is InChI=1S/C12H21NO5.C9H19NO4.C8H14O3.C3H3ClO/c1-5-10(14)17-9-8-16-7-6-13-11(15)18-12(2,3)4;1-9(2,3)14-8(12)10-4-6-13-7-5-11;1-3-5-10-6-7-11-8(9)4-2;1-2-3(4)5/h5H,1,6-9H2,2-4H3,(H,13,15);11H,4-7H2,1-3H3,(H,10,12);4H,2-3,5-7H2,1H3;2H,1H2. The predicted octanol–water partition coefficient (Wildman–Crippen LogP) is 3.86. The van der Waals surface area contributed by atoms with E-state index in [2.05, 4.69) is 35.1 Å². The van der Waals surface area contributed by atoms with Crippen LogP contribution < -0.4 is 10.6 Å². The predicted molar refractivity (Wildman–Crippen MR) is 182 cm³/mol. The van der Waals surface area contributed by atoms with Crippen LogP contribution in [0.3, 0.4) is 0 Å². The van der Waals surface area contributed by atoms with E-state index in [-0.39, 0.29) is 26.4 Å². The Labute approximate surface area is 290 Å². The van der Waals surface area contributed by atoms with Crippen molar-refractivity contribution in [1.29, 1.82) is 0 Å². The SMILES string of the molecule is C=CC(=O)Cl.C=CC(=O)OCCOCCC.C=CC(=O)OCCOCCNC(=O)OC(C)(C)C.CC(C)(C)OC(=O)NCCOCCO. The summed E-state index contributed by atoms with van der Waals surface area (Å²) in [6.07, 6.45) is 3.31. The number of allylic oxidation sites excluding steroid dienone is 1. The maximum atomic E-state index is 11.2. The van der Waals surface area contributed by atoms with Crippen molar-refractivity contribution < 1.29 is 62.2 Å². The first-order valence-electron chi connectivity index (χ1n) is 15.1. The summed E-state index contributed by atoms with van der Waals surface area (Å²) in [4.78, 5) is 52.8. The lowest BCUT2D eigenvalue weighted by Crippen LogP contribution is -2.34. The van der Waals surface area contributed by atoms with Gasteiger partial charge in [0.15, 0.2) is 0 Å². The summed E-state index contributed by atoms with van der Waals surface area (Å²) >= 11 is 4.71. The van der Waals surface area contributed by atoms with Gasteiger partial charge in [-0.3, -0.25) is 4.79 Å². The first-order chi connectivity index (χ1) is 22.4. The third-order valence-electron chi connectivity index (χ3n) is 3.85. The van der Waals surface area contributed by atoms with Crippen molar-refractivity contribution >= 4 is 41.0 Å². The van der Waals surface area contributed by atoms with E-state index in [0.717, 1.165) is 24.6 Å². The maximum Gasteiger partial charge on any atom is 0.407 e. The Bertz CT molecular complexity index is 901. The molecule has 0 aliphatic carbocycles. The van der Waals surface area contributed by atoms with Gasteiger partial charge in [-0.15, -0.1) is 0 Å². The van der Waals surface area contributed by atoms with Crippen LogP contribution in [-0.2, 0) is 47.5 Å². The van der Waals surface area contributed by atoms with Gasteiger partial charge in [0.1, 0.15) is 24.4 Å². The van der Waals surface area contributed by atoms with Crippen LogP contribution in [0.15, 0.2) is 38.0 Å². The van der Waals surface area contributed by atoms with Crippen LogP contribution in [0.25, 0.3) is 0 Å². The van der Waals surface area contributed by atoms with Gasteiger partial charge < -0.3 is 48.9 Å². The quantitative estimate of drug-likeness (QED) is 0.0575. The number of hydrogen-bond acceptors (Lipinski definition) is 13. The van der Waals surface area contributed by atoms with Gasteiger partial charge in [-0.05, 0) is 65.6 Å². The number of halogens is 1. The molecule has 0 aromatic carbocycles. The Morgan fingerprint density at radius 3 is 1.27 bits per heavy atom. The molecule has 3 N–H and O–H groups in total. The van der Waals surface area contributed by atoms with Gasteiger partial charge in [0.05, 0.1) is 39.6 Å². The molecule has 0 aromatic rings. The highest BCUT2D eigenvalue weighted by atomic mass is 35.5. The molecule has 0 aliphatic rings. The average molecular weight is 713 g/mol. The molecule has 0 atom stereocenters. The number of aliphatic hydroxyl groups is 1. The van der Waals surface area contributed by atoms with Crippen molar-refractivity contribution in [3.63, 3.8) is 0 Å². The molecule has 0 radical (unpaired) electrons. The fraction of sp³-hybridized carbons (Fsp3) is 0.656.